The van der Waals surface area contributed by atoms with Crippen LogP contribution in [-0.2, 0) is 11.2 Å². The molecule has 3 aromatic rings. The highest BCUT2D eigenvalue weighted by molar-refractivity contribution is 6.00. The summed E-state index contributed by atoms with van der Waals surface area (Å²) in [4.78, 5) is 28.2. The van der Waals surface area contributed by atoms with Crippen LogP contribution in [0.15, 0.2) is 26.0 Å². The summed E-state index contributed by atoms with van der Waals surface area (Å²) in [6.45, 7) is 8.87. The molecule has 2 aliphatic heterocycles. The van der Waals surface area contributed by atoms with Crippen LogP contribution in [0.3, 0.4) is 0 Å². The van der Waals surface area contributed by atoms with E-state index in [9.17, 15) is 9.59 Å². The third kappa shape index (κ3) is 3.64. The predicted octanol–water partition coefficient (Wildman–Crippen LogP) is 4.39. The molecule has 4 heterocycles. The number of nitrogens with one attached hydrogen (secondary N) is 1. The molecule has 2 aromatic heterocycles. The summed E-state index contributed by atoms with van der Waals surface area (Å²) in [5, 5.41) is 5.00. The molecule has 2 saturated heterocycles. The maximum Gasteiger partial charge on any atom is 0.340 e. The van der Waals surface area contributed by atoms with E-state index in [1.54, 1.807) is 6.26 Å². The number of hydrogen-bond donors (Lipinski definition) is 1. The van der Waals surface area contributed by atoms with Crippen LogP contribution in [0.1, 0.15) is 54.4 Å². The Morgan fingerprint density at radius 1 is 1.06 bits per heavy atom. The van der Waals surface area contributed by atoms with Crippen molar-refractivity contribution in [3.05, 3.63) is 45.0 Å². The van der Waals surface area contributed by atoms with E-state index in [-0.39, 0.29) is 12.3 Å². The zero-order valence-electron chi connectivity index (χ0n) is 19.3. The lowest BCUT2D eigenvalue weighted by atomic mass is 9.83. The summed E-state index contributed by atoms with van der Waals surface area (Å²) >= 11 is 0. The summed E-state index contributed by atoms with van der Waals surface area (Å²) < 4.78 is 11.3. The van der Waals surface area contributed by atoms with Gasteiger partial charge >= 0.3 is 5.63 Å². The first-order valence-electron chi connectivity index (χ1n) is 11.9. The van der Waals surface area contributed by atoms with E-state index in [4.69, 9.17) is 8.83 Å². The lowest BCUT2D eigenvalue weighted by molar-refractivity contribution is -0.120. The van der Waals surface area contributed by atoms with Gasteiger partial charge in [0, 0.05) is 28.9 Å². The highest BCUT2D eigenvalue weighted by atomic mass is 16.4. The highest BCUT2D eigenvalue weighted by Gasteiger charge is 2.33. The fourth-order valence-corrected chi connectivity index (χ4v) is 5.81. The minimum absolute atomic E-state index is 0.0483. The molecule has 0 spiro atoms. The highest BCUT2D eigenvalue weighted by Crippen LogP contribution is 2.33. The lowest BCUT2D eigenvalue weighted by Crippen LogP contribution is -2.51. The zero-order chi connectivity index (χ0) is 22.4. The van der Waals surface area contributed by atoms with Crippen molar-refractivity contribution < 1.29 is 13.6 Å². The maximum absolute atomic E-state index is 12.8. The van der Waals surface area contributed by atoms with Gasteiger partial charge in [0.15, 0.2) is 0 Å². The molecular formula is C26H32N2O4. The summed E-state index contributed by atoms with van der Waals surface area (Å²) in [5.41, 5.74) is 3.96. The first kappa shape index (κ1) is 21.3. The predicted molar refractivity (Wildman–Crippen MR) is 125 cm³/mol. The third-order valence-corrected chi connectivity index (χ3v) is 7.66. The molecule has 0 unspecified atom stereocenters. The zero-order valence-corrected chi connectivity index (χ0v) is 19.3. The van der Waals surface area contributed by atoms with Gasteiger partial charge < -0.3 is 19.1 Å². The van der Waals surface area contributed by atoms with Crippen molar-refractivity contribution in [2.75, 3.05) is 19.6 Å². The van der Waals surface area contributed by atoms with E-state index in [0.29, 0.717) is 29.7 Å². The second-order valence-corrected chi connectivity index (χ2v) is 9.65. The molecule has 2 fully saturated rings. The van der Waals surface area contributed by atoms with E-state index >= 15 is 0 Å². The number of benzene rings is 1. The van der Waals surface area contributed by atoms with Gasteiger partial charge in [0.05, 0.1) is 18.2 Å². The Morgan fingerprint density at radius 3 is 2.72 bits per heavy atom. The monoisotopic (exact) mass is 436 g/mol. The van der Waals surface area contributed by atoms with Gasteiger partial charge in [-0.2, -0.15) is 0 Å². The quantitative estimate of drug-likeness (QED) is 0.614. The number of rotatable bonds is 4. The minimum Gasteiger partial charge on any atom is -0.464 e. The second kappa shape index (κ2) is 8.39. The molecule has 0 aliphatic carbocycles. The van der Waals surface area contributed by atoms with E-state index < -0.39 is 5.63 Å². The molecule has 0 bridgehead atoms. The molecular weight excluding hydrogens is 404 g/mol. The van der Waals surface area contributed by atoms with Crippen molar-refractivity contribution in [3.63, 3.8) is 0 Å². The van der Waals surface area contributed by atoms with Crippen molar-refractivity contribution in [2.45, 2.75) is 65.3 Å². The molecule has 170 valence electrons. The lowest BCUT2D eigenvalue weighted by Gasteiger charge is -2.44. The molecule has 2 aliphatic rings. The number of nitrogens with zero attached hydrogens (tertiary/aromatic N) is 1. The molecule has 1 N–H and O–H groups in total. The van der Waals surface area contributed by atoms with Gasteiger partial charge in [0.2, 0.25) is 5.91 Å². The van der Waals surface area contributed by atoms with Crippen molar-refractivity contribution in [1.29, 1.82) is 0 Å². The Labute approximate surface area is 187 Å². The van der Waals surface area contributed by atoms with Crippen LogP contribution >= 0.6 is 0 Å². The number of carbonyl (C=O) groups is 1. The van der Waals surface area contributed by atoms with E-state index in [0.717, 1.165) is 39.5 Å². The number of aryl methyl sites for hydroxylation is 3. The fourth-order valence-electron chi connectivity index (χ4n) is 5.81. The van der Waals surface area contributed by atoms with Gasteiger partial charge in [-0.3, -0.25) is 4.79 Å². The molecule has 32 heavy (non-hydrogen) atoms. The smallest absolute Gasteiger partial charge is 0.340 e. The third-order valence-electron chi connectivity index (χ3n) is 7.66. The first-order chi connectivity index (χ1) is 15.4. The van der Waals surface area contributed by atoms with Gasteiger partial charge in [0.25, 0.3) is 0 Å². The maximum atomic E-state index is 12.8. The molecule has 0 saturated carbocycles. The average Bonchev–Trinajstić information content (AvgIpc) is 3.17. The van der Waals surface area contributed by atoms with Gasteiger partial charge in [-0.1, -0.05) is 6.42 Å². The first-order valence-corrected chi connectivity index (χ1v) is 11.9. The van der Waals surface area contributed by atoms with Crippen molar-refractivity contribution in [3.8, 4) is 0 Å². The van der Waals surface area contributed by atoms with Crippen LogP contribution in [0.4, 0.5) is 0 Å². The number of furan rings is 1. The number of hydrogen-bond acceptors (Lipinski definition) is 5. The van der Waals surface area contributed by atoms with Gasteiger partial charge in [-0.15, -0.1) is 0 Å². The molecule has 1 amide bonds. The fraction of sp³-hybridized carbons (Fsp3) is 0.538. The minimum atomic E-state index is -0.438. The van der Waals surface area contributed by atoms with Gasteiger partial charge in [-0.25, -0.2) is 4.79 Å². The van der Waals surface area contributed by atoms with Crippen LogP contribution in [0.5, 0.6) is 0 Å². The number of piperidine rings is 2. The Bertz CT molecular complexity index is 1240. The van der Waals surface area contributed by atoms with Crippen LogP contribution in [0.2, 0.25) is 0 Å². The van der Waals surface area contributed by atoms with E-state index in [1.165, 1.54) is 38.8 Å². The Hall–Kier alpha value is -2.60. The second-order valence-electron chi connectivity index (χ2n) is 9.65. The summed E-state index contributed by atoms with van der Waals surface area (Å²) in [7, 11) is 0. The summed E-state index contributed by atoms with van der Waals surface area (Å²) in [6, 6.07) is 2.60. The Balaban J connectivity index is 1.36. The molecule has 2 atom stereocenters. The van der Waals surface area contributed by atoms with Crippen molar-refractivity contribution in [2.24, 2.45) is 5.92 Å². The summed E-state index contributed by atoms with van der Waals surface area (Å²) in [6.07, 6.45) is 7.94. The van der Waals surface area contributed by atoms with Gasteiger partial charge in [0.1, 0.15) is 11.2 Å². The summed E-state index contributed by atoms with van der Waals surface area (Å²) in [5.74, 6) is 0.395. The van der Waals surface area contributed by atoms with Gasteiger partial charge in [-0.05, 0) is 82.7 Å². The average molecular weight is 437 g/mol. The van der Waals surface area contributed by atoms with Crippen molar-refractivity contribution >= 4 is 27.8 Å². The molecule has 1 aromatic carbocycles. The SMILES string of the molecule is Cc1coc2c(C)c3oc(=O)c(CC(=O)NC[C@H]4CCCN5CCCC[C@@H]45)c(C)c3cc12. The normalized spacial score (nSPS) is 21.7. The Morgan fingerprint density at radius 2 is 1.88 bits per heavy atom. The van der Waals surface area contributed by atoms with Crippen LogP contribution in [0.25, 0.3) is 21.9 Å². The number of carbonyl (C=O) groups excluding carboxylic acids is 1. The molecule has 6 nitrogen and oxygen atoms in total. The molecule has 6 heteroatoms. The van der Waals surface area contributed by atoms with Crippen LogP contribution in [-0.4, -0.2) is 36.5 Å². The number of fused-ring (bicyclic) bond motifs is 3. The van der Waals surface area contributed by atoms with Crippen LogP contribution in [0, 0.1) is 26.7 Å². The molecule has 0 radical (unpaired) electrons. The Kier molecular flexibility index (Phi) is 5.58. The largest absolute Gasteiger partial charge is 0.464 e. The number of amides is 1. The molecule has 5 rings (SSSR count). The standard InChI is InChI=1S/C26H32N2O4/c1-15-14-31-24-17(3)25-20(11-19(15)24)16(2)21(26(30)32-25)12-23(29)27-13-18-7-6-10-28-9-5-4-8-22(18)28/h11,14,18,22H,4-10,12-13H2,1-3H3,(H,27,29)/t18-,22+/m1/s1. The topological polar surface area (TPSA) is 75.7 Å². The van der Waals surface area contributed by atoms with E-state index in [1.807, 2.05) is 26.8 Å². The van der Waals surface area contributed by atoms with Crippen molar-refractivity contribution in [1.82, 2.24) is 10.2 Å². The van der Waals surface area contributed by atoms with E-state index in [2.05, 4.69) is 10.2 Å². The van der Waals surface area contributed by atoms with Crippen LogP contribution < -0.4 is 10.9 Å².